The smallest absolute Gasteiger partial charge is 0.425 e. The zero-order chi connectivity index (χ0) is 58.6. The van der Waals surface area contributed by atoms with Gasteiger partial charge in [0.1, 0.15) is 49.8 Å². The monoisotopic (exact) mass is 1170 g/mol. The molecule has 0 bridgehead atoms. The van der Waals surface area contributed by atoms with Gasteiger partial charge in [0.05, 0.1) is 44.1 Å². The number of aryl methyl sites for hydroxylation is 4. The average molecular weight is 1170 g/mol. The number of aromatic hydroxyl groups is 1. The lowest BCUT2D eigenvalue weighted by Crippen LogP contribution is -2.01. The van der Waals surface area contributed by atoms with Gasteiger partial charge in [-0.05, 0) is 152 Å². The molecule has 4 N–H and O–H groups in total. The van der Waals surface area contributed by atoms with E-state index < -0.39 is 51.2 Å². The molecule has 0 atom stereocenters. The molecular formula is C51H45N9O16S4. The number of phenols is 1. The van der Waals surface area contributed by atoms with Crippen LogP contribution in [0.2, 0.25) is 0 Å². The Bertz CT molecular complexity index is 4280. The van der Waals surface area contributed by atoms with Gasteiger partial charge in [-0.25, -0.2) is 0 Å². The predicted molar refractivity (Wildman–Crippen MR) is 293 cm³/mol. The number of benzene rings is 8. The van der Waals surface area contributed by atoms with Gasteiger partial charge in [-0.3, -0.25) is 9.11 Å². The maximum atomic E-state index is 12.3. The summed E-state index contributed by atoms with van der Waals surface area (Å²) < 4.78 is 136. The summed E-state index contributed by atoms with van der Waals surface area (Å²) in [5.74, 6) is 1.38. The Morgan fingerprint density at radius 1 is 0.412 bits per heavy atom. The van der Waals surface area contributed by atoms with Gasteiger partial charge in [0.2, 0.25) is 0 Å². The molecule has 0 fully saturated rings. The number of anilines is 2. The molecule has 8 rings (SSSR count). The van der Waals surface area contributed by atoms with E-state index in [0.29, 0.717) is 56.4 Å². The molecule has 80 heavy (non-hydrogen) atoms. The molecule has 0 heterocycles. The molecule has 0 aromatic heterocycles. The second-order valence-corrected chi connectivity index (χ2v) is 20.3. The lowest BCUT2D eigenvalue weighted by Gasteiger charge is -2.10. The Balaban J connectivity index is 0.00000121. The summed E-state index contributed by atoms with van der Waals surface area (Å²) in [7, 11) is -11.2. The number of phenolic OH excluding ortho intramolecular Hbond substituents is 1. The van der Waals surface area contributed by atoms with Crippen LogP contribution in [0.15, 0.2) is 172 Å². The Morgan fingerprint density at radius 3 is 1.29 bits per heavy atom. The van der Waals surface area contributed by atoms with Gasteiger partial charge in [-0.15, -0.1) is 45.7 Å². The Morgan fingerprint density at radius 2 is 0.825 bits per heavy atom. The van der Waals surface area contributed by atoms with Crippen molar-refractivity contribution >= 4 is 120 Å². The quantitative estimate of drug-likeness (QED) is 0.0547. The molecule has 8 aromatic carbocycles. The number of nitrogens with zero attached hydrogens (tertiary/aromatic N) is 8. The van der Waals surface area contributed by atoms with Crippen LogP contribution in [-0.2, 0) is 41.5 Å². The van der Waals surface area contributed by atoms with Crippen molar-refractivity contribution in [3.05, 3.63) is 144 Å². The van der Waals surface area contributed by atoms with Crippen molar-refractivity contribution in [3.8, 4) is 23.0 Å². The maximum absolute atomic E-state index is 12.3. The van der Waals surface area contributed by atoms with E-state index in [9.17, 15) is 31.0 Å². The van der Waals surface area contributed by atoms with Crippen LogP contribution in [0.1, 0.15) is 22.3 Å². The highest BCUT2D eigenvalue weighted by atomic mass is 32.2. The molecule has 29 heteroatoms. The Labute approximate surface area is 459 Å². The van der Waals surface area contributed by atoms with Crippen LogP contribution in [0.3, 0.4) is 0 Å². The van der Waals surface area contributed by atoms with E-state index in [4.69, 9.17) is 39.5 Å². The van der Waals surface area contributed by atoms with E-state index in [-0.39, 0.29) is 33.6 Å². The fraction of sp³-hybridized carbons (Fsp3) is 0.137. The van der Waals surface area contributed by atoms with Crippen LogP contribution in [-0.4, -0.2) is 77.6 Å². The van der Waals surface area contributed by atoms with Gasteiger partial charge in [0.15, 0.2) is 5.75 Å². The van der Waals surface area contributed by atoms with Crippen LogP contribution in [0.25, 0.3) is 21.5 Å². The molecule has 0 unspecified atom stereocenters. The van der Waals surface area contributed by atoms with Crippen molar-refractivity contribution in [3.63, 3.8) is 0 Å². The van der Waals surface area contributed by atoms with E-state index in [0.717, 1.165) is 51.8 Å². The number of methoxy groups -OCH3 is 3. The van der Waals surface area contributed by atoms with Crippen molar-refractivity contribution in [2.75, 3.05) is 26.6 Å². The van der Waals surface area contributed by atoms with E-state index in [1.807, 2.05) is 81.4 Å². The summed E-state index contributed by atoms with van der Waals surface area (Å²) >= 11 is 0. The van der Waals surface area contributed by atoms with E-state index in [2.05, 4.69) is 46.2 Å². The molecule has 0 saturated carbocycles. The molecule has 0 aliphatic carbocycles. The van der Waals surface area contributed by atoms with E-state index in [1.54, 1.807) is 38.3 Å². The van der Waals surface area contributed by atoms with Gasteiger partial charge in [-0.2, -0.15) is 37.3 Å². The van der Waals surface area contributed by atoms with Crippen molar-refractivity contribution in [1.29, 1.82) is 0 Å². The predicted octanol–water partition coefficient (Wildman–Crippen LogP) is 12.8. The van der Waals surface area contributed by atoms with E-state index in [1.165, 1.54) is 32.4 Å². The third-order valence-electron chi connectivity index (χ3n) is 11.4. The van der Waals surface area contributed by atoms with Gasteiger partial charge >= 0.3 is 21.2 Å². The molecule has 0 aliphatic rings. The van der Waals surface area contributed by atoms with Gasteiger partial charge in [0, 0.05) is 34.3 Å². The van der Waals surface area contributed by atoms with Crippen molar-refractivity contribution in [2.24, 2.45) is 40.9 Å². The lowest BCUT2D eigenvalue weighted by atomic mass is 10.1. The SMILES string of the molecule is COc1ccc(Nc2ccc3c(O)c(N=Nc4cc(C)c(N=Nc5cc(C)c(N=Nc6cc(C)c(N=Nc7cc8c(S(=O)(=O)O)cccc8cc7S(=O)(=O)O)cc6OC)cc5OC)cc4C)ccc3c2)cc1.O=S(=O)=O.O=S(=O)=O. The molecule has 0 saturated heterocycles. The van der Waals surface area contributed by atoms with Gasteiger partial charge in [-0.1, -0.05) is 18.2 Å². The molecule has 0 radical (unpaired) electrons. The molecule has 0 aliphatic heterocycles. The van der Waals surface area contributed by atoms with Crippen LogP contribution in [0.4, 0.5) is 56.9 Å². The average Bonchev–Trinajstić information content (AvgIpc) is 3.53. The third-order valence-corrected chi connectivity index (χ3v) is 13.2. The summed E-state index contributed by atoms with van der Waals surface area (Å²) in [6.07, 6.45) is 0. The molecule has 0 amide bonds. The molecule has 25 nitrogen and oxygen atoms in total. The maximum Gasteiger partial charge on any atom is 0.425 e. The number of hydrogen-bond donors (Lipinski definition) is 4. The topological polar surface area (TPSA) is 370 Å². The first-order chi connectivity index (χ1) is 37.8. The fourth-order valence-corrected chi connectivity index (χ4v) is 8.88. The third kappa shape index (κ3) is 15.5. The Kier molecular flexibility index (Phi) is 19.4. The van der Waals surface area contributed by atoms with Crippen LogP contribution in [0, 0.1) is 27.7 Å². The first-order valence-corrected chi connectivity index (χ1v) is 27.6. The van der Waals surface area contributed by atoms with Crippen molar-refractivity contribution in [2.45, 2.75) is 37.5 Å². The number of azo groups is 4. The van der Waals surface area contributed by atoms with Gasteiger partial charge in [0.25, 0.3) is 20.2 Å². The van der Waals surface area contributed by atoms with Gasteiger partial charge < -0.3 is 24.6 Å². The number of hydrogen-bond acceptors (Lipinski definition) is 23. The van der Waals surface area contributed by atoms with Crippen molar-refractivity contribution < 1.29 is 70.5 Å². The standard InChI is InChI=1S/C51H45N9O10S2.2O3S/c1-28-20-41(29(2)19-40(28)54-53-39-18-11-33-23-35(14-17-37(33)51(39)61)52-34-12-15-36(68-5)16-13-34)55-58-44-21-30(3)42(26-47(44)69-6)56-59-45-22-31(4)43(27-48(45)70-7)57-60-46-25-38-32(24-50(46)72(65,66)67)9-8-10-49(38)71(62,63)64;2*1-4(2)3/h8-27,52,61H,1-7H3,(H,62,63,64)(H,65,66,67);;. The number of ether oxygens (including phenoxy) is 3. The van der Waals surface area contributed by atoms with Crippen LogP contribution < -0.4 is 19.5 Å². The highest BCUT2D eigenvalue weighted by molar-refractivity contribution is 7.86. The van der Waals surface area contributed by atoms with Crippen LogP contribution >= 0.6 is 0 Å². The zero-order valence-corrected chi connectivity index (χ0v) is 46.2. The normalized spacial score (nSPS) is 11.7. The molecular weight excluding hydrogens is 1120 g/mol. The number of nitrogens with one attached hydrogen (secondary N) is 1. The van der Waals surface area contributed by atoms with E-state index >= 15 is 0 Å². The first kappa shape index (κ1) is 60.0. The second-order valence-electron chi connectivity index (χ2n) is 16.7. The lowest BCUT2D eigenvalue weighted by molar-refractivity contribution is 0.415. The summed E-state index contributed by atoms with van der Waals surface area (Å²) in [4.78, 5) is -1.11. The summed E-state index contributed by atoms with van der Waals surface area (Å²) in [5, 5.41) is 51.1. The first-order valence-electron chi connectivity index (χ1n) is 22.7. The molecule has 0 spiro atoms. The summed E-state index contributed by atoms with van der Waals surface area (Å²) in [6, 6.07) is 33.1. The Hall–Kier alpha value is -9.26. The minimum absolute atomic E-state index is 0.0125. The summed E-state index contributed by atoms with van der Waals surface area (Å²) in [5.41, 5.74) is 7.08. The highest BCUT2D eigenvalue weighted by Gasteiger charge is 2.22. The minimum atomic E-state index is -4.85. The van der Waals surface area contributed by atoms with Crippen molar-refractivity contribution in [1.82, 2.24) is 0 Å². The number of rotatable bonds is 15. The number of fused-ring (bicyclic) bond motifs is 2. The zero-order valence-electron chi connectivity index (χ0n) is 42.9. The summed E-state index contributed by atoms with van der Waals surface area (Å²) in [6.45, 7) is 7.28. The van der Waals surface area contributed by atoms with Crippen LogP contribution in [0.5, 0.6) is 23.0 Å². The largest absolute Gasteiger partial charge is 0.505 e. The molecule has 414 valence electrons. The highest BCUT2D eigenvalue weighted by Crippen LogP contribution is 2.42. The minimum Gasteiger partial charge on any atom is -0.505 e. The second kappa shape index (κ2) is 25.9. The fourth-order valence-electron chi connectivity index (χ4n) is 7.53. The molecule has 8 aromatic rings.